The second-order valence-corrected chi connectivity index (χ2v) is 7.39. The Bertz CT molecular complexity index is 942. The summed E-state index contributed by atoms with van der Waals surface area (Å²) in [5.74, 6) is 1.17. The Balaban J connectivity index is 1.47. The number of nitrogens with one attached hydrogen (secondary N) is 2. The van der Waals surface area contributed by atoms with Gasteiger partial charge in [-0.05, 0) is 60.7 Å². The Hall–Kier alpha value is -3.25. The fraction of sp³-hybridized carbons (Fsp3) is 0.130. The zero-order valence-electron chi connectivity index (χ0n) is 16.1. The minimum Gasteiger partial charge on any atom is -0.497 e. The first-order chi connectivity index (χ1) is 14.1. The van der Waals surface area contributed by atoms with Gasteiger partial charge in [-0.15, -0.1) is 11.8 Å². The molecule has 2 amide bonds. The molecule has 3 aromatic carbocycles. The van der Waals surface area contributed by atoms with E-state index < -0.39 is 0 Å². The molecule has 3 aromatic rings. The molecule has 29 heavy (non-hydrogen) atoms. The molecule has 2 N–H and O–H groups in total. The summed E-state index contributed by atoms with van der Waals surface area (Å²) in [6.45, 7) is 0. The number of hydrogen-bond acceptors (Lipinski definition) is 4. The smallest absolute Gasteiger partial charge is 0.255 e. The molecular weight excluding hydrogens is 384 g/mol. The third-order valence-electron chi connectivity index (χ3n) is 4.12. The molecule has 0 fully saturated rings. The van der Waals surface area contributed by atoms with Crippen LogP contribution in [0, 0.1) is 0 Å². The van der Waals surface area contributed by atoms with Crippen molar-refractivity contribution in [2.45, 2.75) is 11.3 Å². The highest BCUT2D eigenvalue weighted by molar-refractivity contribution is 7.99. The van der Waals surface area contributed by atoms with E-state index in [1.54, 1.807) is 67.4 Å². The highest BCUT2D eigenvalue weighted by atomic mass is 32.2. The molecule has 0 heterocycles. The number of carbonyl (C=O) groups is 2. The van der Waals surface area contributed by atoms with Crippen molar-refractivity contribution in [1.82, 2.24) is 0 Å². The summed E-state index contributed by atoms with van der Waals surface area (Å²) in [4.78, 5) is 25.6. The quantitative estimate of drug-likeness (QED) is 0.513. The molecule has 148 valence electrons. The number of rotatable bonds is 8. The summed E-state index contributed by atoms with van der Waals surface area (Å²) in [6.07, 6.45) is 0.416. The van der Waals surface area contributed by atoms with E-state index in [-0.39, 0.29) is 11.8 Å². The van der Waals surface area contributed by atoms with Crippen molar-refractivity contribution in [3.8, 4) is 5.75 Å². The molecule has 0 unspecified atom stereocenters. The number of thioether (sulfide) groups is 1. The van der Waals surface area contributed by atoms with E-state index in [0.29, 0.717) is 29.1 Å². The van der Waals surface area contributed by atoms with Gasteiger partial charge in [-0.2, -0.15) is 0 Å². The lowest BCUT2D eigenvalue weighted by Gasteiger charge is -2.08. The van der Waals surface area contributed by atoms with Crippen LogP contribution in [0.15, 0.2) is 83.8 Å². The second kappa shape index (κ2) is 10.3. The van der Waals surface area contributed by atoms with Gasteiger partial charge in [0, 0.05) is 34.0 Å². The van der Waals surface area contributed by atoms with Crippen molar-refractivity contribution in [2.75, 3.05) is 23.5 Å². The van der Waals surface area contributed by atoms with Crippen LogP contribution in [0.2, 0.25) is 0 Å². The molecule has 0 aliphatic carbocycles. The molecule has 0 atom stereocenters. The Morgan fingerprint density at radius 2 is 1.45 bits per heavy atom. The Kier molecular flexibility index (Phi) is 7.30. The van der Waals surface area contributed by atoms with E-state index in [0.717, 1.165) is 10.6 Å². The molecule has 3 rings (SSSR count). The normalized spacial score (nSPS) is 10.2. The van der Waals surface area contributed by atoms with Crippen molar-refractivity contribution >= 4 is 35.0 Å². The highest BCUT2D eigenvalue weighted by Gasteiger charge is 2.08. The summed E-state index contributed by atoms with van der Waals surface area (Å²) in [6, 6.07) is 23.9. The van der Waals surface area contributed by atoms with Crippen molar-refractivity contribution in [3.05, 3.63) is 84.4 Å². The van der Waals surface area contributed by atoms with Gasteiger partial charge in [-0.1, -0.05) is 18.2 Å². The van der Waals surface area contributed by atoms with Gasteiger partial charge in [-0.3, -0.25) is 9.59 Å². The van der Waals surface area contributed by atoms with E-state index in [1.165, 1.54) is 0 Å². The van der Waals surface area contributed by atoms with E-state index in [4.69, 9.17) is 4.74 Å². The number of ether oxygens (including phenoxy) is 1. The number of carbonyl (C=O) groups excluding carboxylic acids is 2. The molecule has 6 heteroatoms. The minimum atomic E-state index is -0.215. The fourth-order valence-electron chi connectivity index (χ4n) is 2.58. The lowest BCUT2D eigenvalue weighted by Crippen LogP contribution is -2.14. The van der Waals surface area contributed by atoms with Crippen molar-refractivity contribution in [1.29, 1.82) is 0 Å². The van der Waals surface area contributed by atoms with Crippen LogP contribution in [-0.2, 0) is 4.79 Å². The van der Waals surface area contributed by atoms with Gasteiger partial charge in [-0.25, -0.2) is 0 Å². The number of benzene rings is 3. The molecule has 0 saturated heterocycles. The van der Waals surface area contributed by atoms with Gasteiger partial charge >= 0.3 is 0 Å². The third-order valence-corrected chi connectivity index (χ3v) is 5.13. The van der Waals surface area contributed by atoms with Gasteiger partial charge in [0.05, 0.1) is 7.11 Å². The van der Waals surface area contributed by atoms with Crippen molar-refractivity contribution < 1.29 is 14.3 Å². The standard InChI is InChI=1S/C23H22N2O3S/c1-28-20-13-11-19(12-14-20)25-23(27)17-7-9-18(10-8-17)24-22(26)15-16-29-21-5-3-2-4-6-21/h2-14H,15-16H2,1H3,(H,24,26)(H,25,27). The van der Waals surface area contributed by atoms with Crippen LogP contribution in [0.5, 0.6) is 5.75 Å². The molecule has 0 aliphatic rings. The van der Waals surface area contributed by atoms with Crippen LogP contribution in [-0.4, -0.2) is 24.7 Å². The maximum Gasteiger partial charge on any atom is 0.255 e. The maximum atomic E-state index is 12.3. The molecule has 0 aromatic heterocycles. The summed E-state index contributed by atoms with van der Waals surface area (Å²) in [7, 11) is 1.59. The number of hydrogen-bond donors (Lipinski definition) is 2. The minimum absolute atomic E-state index is 0.0520. The first-order valence-corrected chi connectivity index (χ1v) is 10.2. The van der Waals surface area contributed by atoms with E-state index in [9.17, 15) is 9.59 Å². The SMILES string of the molecule is COc1ccc(NC(=O)c2ccc(NC(=O)CCSc3ccccc3)cc2)cc1. The van der Waals surface area contributed by atoms with Gasteiger partial charge in [0.1, 0.15) is 5.75 Å². The van der Waals surface area contributed by atoms with Crippen LogP contribution < -0.4 is 15.4 Å². The molecular formula is C23H22N2O3S. The number of anilines is 2. The van der Waals surface area contributed by atoms with Crippen LogP contribution in [0.25, 0.3) is 0 Å². The Morgan fingerprint density at radius 1 is 0.828 bits per heavy atom. The average Bonchev–Trinajstić information content (AvgIpc) is 2.75. The van der Waals surface area contributed by atoms with Crippen LogP contribution in [0.1, 0.15) is 16.8 Å². The molecule has 0 radical (unpaired) electrons. The van der Waals surface area contributed by atoms with Crippen LogP contribution >= 0.6 is 11.8 Å². The maximum absolute atomic E-state index is 12.3. The Labute approximate surface area is 174 Å². The zero-order valence-corrected chi connectivity index (χ0v) is 16.9. The number of methoxy groups -OCH3 is 1. The summed E-state index contributed by atoms with van der Waals surface area (Å²) in [5.41, 5.74) is 1.86. The van der Waals surface area contributed by atoms with Gasteiger partial charge in [0.25, 0.3) is 5.91 Å². The monoisotopic (exact) mass is 406 g/mol. The largest absolute Gasteiger partial charge is 0.497 e. The van der Waals surface area contributed by atoms with E-state index in [2.05, 4.69) is 10.6 Å². The molecule has 5 nitrogen and oxygen atoms in total. The van der Waals surface area contributed by atoms with Crippen LogP contribution in [0.4, 0.5) is 11.4 Å². The molecule has 0 aliphatic heterocycles. The predicted octanol–water partition coefficient (Wildman–Crippen LogP) is 5.07. The zero-order chi connectivity index (χ0) is 20.5. The van der Waals surface area contributed by atoms with E-state index >= 15 is 0 Å². The van der Waals surface area contributed by atoms with Gasteiger partial charge in [0.2, 0.25) is 5.91 Å². The van der Waals surface area contributed by atoms with Crippen molar-refractivity contribution in [2.24, 2.45) is 0 Å². The average molecular weight is 407 g/mol. The summed E-state index contributed by atoms with van der Waals surface area (Å²) in [5, 5.41) is 5.69. The van der Waals surface area contributed by atoms with Gasteiger partial charge < -0.3 is 15.4 Å². The lowest BCUT2D eigenvalue weighted by atomic mass is 10.2. The Morgan fingerprint density at radius 3 is 2.10 bits per heavy atom. The highest BCUT2D eigenvalue weighted by Crippen LogP contribution is 2.19. The van der Waals surface area contributed by atoms with Crippen LogP contribution in [0.3, 0.4) is 0 Å². The first-order valence-electron chi connectivity index (χ1n) is 9.17. The summed E-state index contributed by atoms with van der Waals surface area (Å²) < 4.78 is 5.10. The summed E-state index contributed by atoms with van der Waals surface area (Å²) >= 11 is 1.65. The predicted molar refractivity (Wildman–Crippen MR) is 118 cm³/mol. The second-order valence-electron chi connectivity index (χ2n) is 6.22. The molecule has 0 spiro atoms. The topological polar surface area (TPSA) is 67.4 Å². The third kappa shape index (κ3) is 6.40. The van der Waals surface area contributed by atoms with Gasteiger partial charge in [0.15, 0.2) is 0 Å². The first kappa shape index (κ1) is 20.5. The van der Waals surface area contributed by atoms with E-state index in [1.807, 2.05) is 30.3 Å². The molecule has 0 saturated carbocycles. The molecule has 0 bridgehead atoms. The fourth-order valence-corrected chi connectivity index (χ4v) is 3.46. The van der Waals surface area contributed by atoms with Crippen molar-refractivity contribution in [3.63, 3.8) is 0 Å². The number of amides is 2. The lowest BCUT2D eigenvalue weighted by molar-refractivity contribution is -0.115.